The highest BCUT2D eigenvalue weighted by Gasteiger charge is 2.27. The predicted octanol–water partition coefficient (Wildman–Crippen LogP) is 5.22. The van der Waals surface area contributed by atoms with Crippen LogP contribution < -0.4 is 4.74 Å². The summed E-state index contributed by atoms with van der Waals surface area (Å²) in [7, 11) is 0. The normalized spacial score (nSPS) is 27.6. The Bertz CT molecular complexity index is 1030. The molecule has 0 aromatic heterocycles. The molecule has 4 bridgehead atoms. The first-order chi connectivity index (χ1) is 14.8. The lowest BCUT2D eigenvalue weighted by Crippen LogP contribution is -2.28. The number of rotatable bonds is 0. The van der Waals surface area contributed by atoms with Crippen molar-refractivity contribution in [2.45, 2.75) is 32.3 Å². The molecule has 6 rings (SSSR count). The summed E-state index contributed by atoms with van der Waals surface area (Å²) in [5.41, 5.74) is 10.1. The summed E-state index contributed by atoms with van der Waals surface area (Å²) in [6.07, 6.45) is 9.03. The highest BCUT2D eigenvalue weighted by molar-refractivity contribution is 5.96. The van der Waals surface area contributed by atoms with Crippen molar-refractivity contribution < 1.29 is 14.2 Å². The summed E-state index contributed by atoms with van der Waals surface area (Å²) in [5, 5.41) is 0. The Labute approximate surface area is 178 Å². The summed E-state index contributed by atoms with van der Waals surface area (Å²) in [6, 6.07) is 13.6. The van der Waals surface area contributed by atoms with Gasteiger partial charge in [-0.25, -0.2) is 0 Å². The van der Waals surface area contributed by atoms with Crippen LogP contribution in [-0.4, -0.2) is 26.4 Å². The molecular formula is C27H28O3. The van der Waals surface area contributed by atoms with E-state index in [1.165, 1.54) is 39.0 Å². The van der Waals surface area contributed by atoms with E-state index in [-0.39, 0.29) is 0 Å². The number of hydrogen-bond donors (Lipinski definition) is 0. The third-order valence-electron chi connectivity index (χ3n) is 7.10. The van der Waals surface area contributed by atoms with Crippen molar-refractivity contribution >= 4 is 11.1 Å². The second kappa shape index (κ2) is 7.72. The fraction of sp³-hybridized carbons (Fsp3) is 0.407. The molecule has 0 saturated heterocycles. The average Bonchev–Trinajstić information content (AvgIpc) is 3.35. The van der Waals surface area contributed by atoms with E-state index in [9.17, 15) is 0 Å². The Kier molecular flexibility index (Phi) is 4.74. The number of benzene rings is 2. The molecule has 1 heterocycles. The van der Waals surface area contributed by atoms with Crippen LogP contribution in [-0.2, 0) is 28.9 Å². The summed E-state index contributed by atoms with van der Waals surface area (Å²) >= 11 is 0. The monoisotopic (exact) mass is 400 g/mol. The molecule has 2 unspecified atom stereocenters. The molecule has 0 radical (unpaired) electrons. The van der Waals surface area contributed by atoms with E-state index in [1.54, 1.807) is 0 Å². The van der Waals surface area contributed by atoms with E-state index < -0.39 is 0 Å². The van der Waals surface area contributed by atoms with Crippen molar-refractivity contribution in [1.29, 1.82) is 0 Å². The van der Waals surface area contributed by atoms with E-state index in [4.69, 9.17) is 14.2 Å². The Morgan fingerprint density at radius 1 is 0.667 bits per heavy atom. The summed E-state index contributed by atoms with van der Waals surface area (Å²) < 4.78 is 18.0. The molecule has 30 heavy (non-hydrogen) atoms. The van der Waals surface area contributed by atoms with Crippen molar-refractivity contribution in [1.82, 2.24) is 0 Å². The number of hydrogen-bond acceptors (Lipinski definition) is 3. The van der Waals surface area contributed by atoms with Crippen LogP contribution in [0.25, 0.3) is 11.1 Å². The second-order valence-corrected chi connectivity index (χ2v) is 8.92. The van der Waals surface area contributed by atoms with Gasteiger partial charge < -0.3 is 14.2 Å². The molecule has 0 N–H and O–H groups in total. The second-order valence-electron chi connectivity index (χ2n) is 8.92. The molecule has 4 aliphatic rings. The number of ether oxygens (including phenoxy) is 3. The van der Waals surface area contributed by atoms with Crippen LogP contribution in [0.1, 0.15) is 40.7 Å². The summed E-state index contributed by atoms with van der Waals surface area (Å²) in [6.45, 7) is 3.40. The molecule has 0 fully saturated rings. The lowest BCUT2D eigenvalue weighted by Gasteiger charge is -2.29. The zero-order valence-electron chi connectivity index (χ0n) is 17.4. The highest BCUT2D eigenvalue weighted by Crippen LogP contribution is 2.45. The Morgan fingerprint density at radius 3 is 2.13 bits per heavy atom. The maximum Gasteiger partial charge on any atom is 0.120 e. The van der Waals surface area contributed by atoms with Gasteiger partial charge in [-0.3, -0.25) is 0 Å². The first kappa shape index (κ1) is 18.4. The fourth-order valence-corrected chi connectivity index (χ4v) is 5.31. The van der Waals surface area contributed by atoms with Gasteiger partial charge in [0.15, 0.2) is 0 Å². The van der Waals surface area contributed by atoms with Crippen molar-refractivity contribution in [3.63, 3.8) is 0 Å². The van der Waals surface area contributed by atoms with E-state index in [1.807, 2.05) is 0 Å². The van der Waals surface area contributed by atoms with Crippen molar-refractivity contribution in [3.8, 4) is 5.75 Å². The standard InChI is InChI=1S/C27H28O3/c1-2-19-6-9-24-25-10-7-20-5-8-23(14-27(20)25)30-12-11-28-16-21-3-4-22(21)17-29-15-18(1)13-26(19)24/h1-5,8,13-14,21-22H,6-7,9-12,15-17H2/b25-24-. The zero-order chi connectivity index (χ0) is 19.9. The number of fused-ring (bicyclic) bond motifs is 3. The molecular weight excluding hydrogens is 372 g/mol. The van der Waals surface area contributed by atoms with Gasteiger partial charge in [0.05, 0.1) is 26.4 Å². The molecule has 154 valence electrons. The van der Waals surface area contributed by atoms with Crippen molar-refractivity contribution in [2.24, 2.45) is 11.8 Å². The van der Waals surface area contributed by atoms with Gasteiger partial charge in [0.1, 0.15) is 12.4 Å². The third kappa shape index (κ3) is 3.30. The molecule has 0 spiro atoms. The molecule has 3 aliphatic carbocycles. The molecule has 2 atom stereocenters. The molecule has 3 heteroatoms. The van der Waals surface area contributed by atoms with Crippen LogP contribution in [0.5, 0.6) is 5.75 Å². The lowest BCUT2D eigenvalue weighted by atomic mass is 9.83. The molecule has 0 saturated carbocycles. The first-order valence-corrected chi connectivity index (χ1v) is 11.3. The van der Waals surface area contributed by atoms with Crippen LogP contribution >= 0.6 is 0 Å². The Morgan fingerprint density at radius 2 is 1.37 bits per heavy atom. The van der Waals surface area contributed by atoms with Gasteiger partial charge in [-0.2, -0.15) is 0 Å². The fourth-order valence-electron chi connectivity index (χ4n) is 5.31. The first-order valence-electron chi connectivity index (χ1n) is 11.3. The van der Waals surface area contributed by atoms with Crippen LogP contribution in [0.15, 0.2) is 48.6 Å². The minimum atomic E-state index is 0.459. The molecule has 2 aromatic carbocycles. The maximum absolute atomic E-state index is 6.10. The Balaban J connectivity index is 1.36. The predicted molar refractivity (Wildman–Crippen MR) is 118 cm³/mol. The third-order valence-corrected chi connectivity index (χ3v) is 7.10. The summed E-state index contributed by atoms with van der Waals surface area (Å²) in [4.78, 5) is 0. The van der Waals surface area contributed by atoms with E-state index in [0.717, 1.165) is 44.6 Å². The summed E-state index contributed by atoms with van der Waals surface area (Å²) in [5.74, 6) is 1.88. The van der Waals surface area contributed by atoms with Crippen molar-refractivity contribution in [2.75, 3.05) is 26.4 Å². The minimum Gasteiger partial charge on any atom is -0.491 e. The van der Waals surface area contributed by atoms with Crippen LogP contribution in [0.4, 0.5) is 0 Å². The highest BCUT2D eigenvalue weighted by atomic mass is 16.5. The van der Waals surface area contributed by atoms with E-state index >= 15 is 0 Å². The molecule has 2 aromatic rings. The van der Waals surface area contributed by atoms with Crippen LogP contribution in [0.2, 0.25) is 0 Å². The number of aryl methyl sites for hydroxylation is 2. The lowest BCUT2D eigenvalue weighted by molar-refractivity contribution is 0.0371. The van der Waals surface area contributed by atoms with Gasteiger partial charge in [-0.15, -0.1) is 0 Å². The van der Waals surface area contributed by atoms with Crippen molar-refractivity contribution in [3.05, 3.63) is 76.4 Å². The van der Waals surface area contributed by atoms with Gasteiger partial charge >= 0.3 is 0 Å². The van der Waals surface area contributed by atoms with E-state index in [2.05, 4.69) is 48.6 Å². The smallest absolute Gasteiger partial charge is 0.120 e. The molecule has 3 nitrogen and oxygen atoms in total. The van der Waals surface area contributed by atoms with Crippen LogP contribution in [0, 0.1) is 11.8 Å². The van der Waals surface area contributed by atoms with Crippen LogP contribution in [0.3, 0.4) is 0 Å². The minimum absolute atomic E-state index is 0.459. The van der Waals surface area contributed by atoms with Gasteiger partial charge in [-0.05, 0) is 82.8 Å². The largest absolute Gasteiger partial charge is 0.491 e. The average molecular weight is 401 g/mol. The molecule has 1 aliphatic heterocycles. The van der Waals surface area contributed by atoms with Gasteiger partial charge in [0, 0.05) is 11.8 Å². The zero-order valence-corrected chi connectivity index (χ0v) is 17.4. The maximum atomic E-state index is 6.10. The molecule has 0 amide bonds. The van der Waals surface area contributed by atoms with E-state index in [0.29, 0.717) is 31.7 Å². The number of allylic oxidation sites excluding steroid dienone is 2. The van der Waals surface area contributed by atoms with Gasteiger partial charge in [0.2, 0.25) is 0 Å². The Hall–Kier alpha value is -2.36. The quantitative estimate of drug-likeness (QED) is 0.568. The van der Waals surface area contributed by atoms with Gasteiger partial charge in [0.25, 0.3) is 0 Å². The topological polar surface area (TPSA) is 27.7 Å². The SMILES string of the molecule is C1=CC2COCc3ccc4c(c3)/C(=C3/CCc5ccc(cc53)OCCOCC12)CC4. The van der Waals surface area contributed by atoms with Gasteiger partial charge in [-0.1, -0.05) is 30.4 Å².